The van der Waals surface area contributed by atoms with Crippen LogP contribution in [0.5, 0.6) is 5.75 Å². The zero-order valence-electron chi connectivity index (χ0n) is 16.9. The van der Waals surface area contributed by atoms with E-state index in [1.807, 2.05) is 30.3 Å². The van der Waals surface area contributed by atoms with Crippen LogP contribution in [0.25, 0.3) is 10.9 Å². The third-order valence-corrected chi connectivity index (χ3v) is 4.93. The predicted octanol–water partition coefficient (Wildman–Crippen LogP) is 4.04. The highest BCUT2D eigenvalue weighted by Gasteiger charge is 2.19. The molecule has 2 N–H and O–H groups in total. The summed E-state index contributed by atoms with van der Waals surface area (Å²) < 4.78 is 11.6. The van der Waals surface area contributed by atoms with Crippen molar-refractivity contribution in [3.8, 4) is 18.1 Å². The van der Waals surface area contributed by atoms with E-state index in [1.165, 1.54) is 12.4 Å². The zero-order valence-corrected chi connectivity index (χ0v) is 16.9. The van der Waals surface area contributed by atoms with Crippen molar-refractivity contribution in [3.63, 3.8) is 0 Å². The second kappa shape index (κ2) is 9.28. The highest BCUT2D eigenvalue weighted by molar-refractivity contribution is 6.03. The number of hydrogen-bond acceptors (Lipinski definition) is 6. The fourth-order valence-corrected chi connectivity index (χ4v) is 3.36. The molecule has 1 amide bonds. The van der Waals surface area contributed by atoms with Crippen LogP contribution in [0.3, 0.4) is 0 Å². The van der Waals surface area contributed by atoms with E-state index in [1.54, 1.807) is 6.07 Å². The number of benzene rings is 2. The molecule has 31 heavy (non-hydrogen) atoms. The molecule has 0 atom stereocenters. The summed E-state index contributed by atoms with van der Waals surface area (Å²) in [5, 5.41) is 6.84. The van der Waals surface area contributed by atoms with Gasteiger partial charge in [-0.2, -0.15) is 0 Å². The third kappa shape index (κ3) is 4.82. The van der Waals surface area contributed by atoms with Gasteiger partial charge in [-0.1, -0.05) is 18.6 Å². The largest absolute Gasteiger partial charge is 0.488 e. The standard InChI is InChI=1S/C24H22N4O3/c1-3-16-6-5-7-17(12-16)27-24-19-13-21(28-23(29)4-2)22(14-20(19)25-15-26-24)31-18-8-10-30-11-9-18/h1,4-7,12-15,18H,2,8-11H2,(H,28,29)(H,25,26,27). The Hall–Kier alpha value is -3.89. The molecule has 156 valence electrons. The predicted molar refractivity (Wildman–Crippen MR) is 120 cm³/mol. The molecule has 0 saturated carbocycles. The topological polar surface area (TPSA) is 85.4 Å². The fourth-order valence-electron chi connectivity index (χ4n) is 3.36. The van der Waals surface area contributed by atoms with E-state index >= 15 is 0 Å². The monoisotopic (exact) mass is 414 g/mol. The molecule has 1 saturated heterocycles. The van der Waals surface area contributed by atoms with Gasteiger partial charge in [0.25, 0.3) is 0 Å². The maximum atomic E-state index is 12.0. The van der Waals surface area contributed by atoms with E-state index < -0.39 is 0 Å². The molecule has 1 aromatic heterocycles. The van der Waals surface area contributed by atoms with Gasteiger partial charge in [0.2, 0.25) is 5.91 Å². The molecule has 1 aliphatic heterocycles. The van der Waals surface area contributed by atoms with Crippen molar-refractivity contribution < 1.29 is 14.3 Å². The molecular weight excluding hydrogens is 392 g/mol. The van der Waals surface area contributed by atoms with Crippen LogP contribution in [-0.2, 0) is 9.53 Å². The number of carbonyl (C=O) groups is 1. The molecule has 1 fully saturated rings. The Balaban J connectivity index is 1.73. The van der Waals surface area contributed by atoms with Crippen LogP contribution >= 0.6 is 0 Å². The van der Waals surface area contributed by atoms with Crippen molar-refractivity contribution in [2.24, 2.45) is 0 Å². The van der Waals surface area contributed by atoms with E-state index in [0.717, 1.165) is 29.5 Å². The first-order valence-corrected chi connectivity index (χ1v) is 9.96. The van der Waals surface area contributed by atoms with E-state index in [9.17, 15) is 4.79 Å². The number of terminal acetylenes is 1. The van der Waals surface area contributed by atoms with Gasteiger partial charge in [-0.15, -0.1) is 6.42 Å². The van der Waals surface area contributed by atoms with Gasteiger partial charge >= 0.3 is 0 Å². The van der Waals surface area contributed by atoms with E-state index in [0.29, 0.717) is 36.0 Å². The van der Waals surface area contributed by atoms with Crippen molar-refractivity contribution in [1.82, 2.24) is 9.97 Å². The first kappa shape index (κ1) is 20.4. The van der Waals surface area contributed by atoms with Gasteiger partial charge in [0, 0.05) is 35.5 Å². The minimum atomic E-state index is -0.329. The summed E-state index contributed by atoms with van der Waals surface area (Å²) in [6.45, 7) is 4.84. The van der Waals surface area contributed by atoms with E-state index in [2.05, 4.69) is 33.1 Å². The van der Waals surface area contributed by atoms with Gasteiger partial charge in [0.05, 0.1) is 24.4 Å². The fraction of sp³-hybridized carbons (Fsp3) is 0.208. The molecule has 4 rings (SSSR count). The van der Waals surface area contributed by atoms with Crippen LogP contribution in [0.2, 0.25) is 0 Å². The molecule has 2 heterocycles. The van der Waals surface area contributed by atoms with Crippen molar-refractivity contribution in [3.05, 3.63) is 60.9 Å². The number of nitrogens with one attached hydrogen (secondary N) is 2. The molecule has 7 nitrogen and oxygen atoms in total. The summed E-state index contributed by atoms with van der Waals surface area (Å²) in [7, 11) is 0. The zero-order chi connectivity index (χ0) is 21.6. The quantitative estimate of drug-likeness (QED) is 0.468. The summed E-state index contributed by atoms with van der Waals surface area (Å²) >= 11 is 0. The first-order chi connectivity index (χ1) is 15.2. The number of anilines is 3. The summed E-state index contributed by atoms with van der Waals surface area (Å²) in [6, 6.07) is 11.1. The number of ether oxygens (including phenoxy) is 2. The lowest BCUT2D eigenvalue weighted by Gasteiger charge is -2.25. The molecule has 0 bridgehead atoms. The highest BCUT2D eigenvalue weighted by atomic mass is 16.5. The van der Waals surface area contributed by atoms with Crippen LogP contribution in [-0.4, -0.2) is 35.2 Å². The van der Waals surface area contributed by atoms with Crippen molar-refractivity contribution in [2.75, 3.05) is 23.8 Å². The second-order valence-corrected chi connectivity index (χ2v) is 7.06. The number of hydrogen-bond donors (Lipinski definition) is 2. The Bertz CT molecular complexity index is 1160. The van der Waals surface area contributed by atoms with Crippen LogP contribution in [0, 0.1) is 12.3 Å². The van der Waals surface area contributed by atoms with Crippen molar-refractivity contribution >= 4 is 34.0 Å². The van der Waals surface area contributed by atoms with Gasteiger partial charge in [0.15, 0.2) is 0 Å². The Morgan fingerprint density at radius 2 is 2.10 bits per heavy atom. The van der Waals surface area contributed by atoms with Gasteiger partial charge in [-0.05, 0) is 30.3 Å². The number of fused-ring (bicyclic) bond motifs is 1. The molecule has 0 unspecified atom stereocenters. The molecule has 2 aromatic carbocycles. The number of nitrogens with zero attached hydrogens (tertiary/aromatic N) is 2. The maximum absolute atomic E-state index is 12.0. The molecule has 0 spiro atoms. The third-order valence-electron chi connectivity index (χ3n) is 4.93. The average Bonchev–Trinajstić information content (AvgIpc) is 2.80. The Morgan fingerprint density at radius 3 is 2.87 bits per heavy atom. The van der Waals surface area contributed by atoms with Gasteiger partial charge in [0.1, 0.15) is 24.0 Å². The lowest BCUT2D eigenvalue weighted by atomic mass is 10.1. The molecular formula is C24H22N4O3. The van der Waals surface area contributed by atoms with E-state index in [4.69, 9.17) is 15.9 Å². The normalized spacial score (nSPS) is 13.9. The van der Waals surface area contributed by atoms with Crippen LogP contribution in [0.15, 0.2) is 55.4 Å². The average molecular weight is 414 g/mol. The Morgan fingerprint density at radius 1 is 1.26 bits per heavy atom. The maximum Gasteiger partial charge on any atom is 0.247 e. The number of carbonyl (C=O) groups excluding carboxylic acids is 1. The SMILES string of the molecule is C#Cc1cccc(Nc2ncnc3cc(OC4CCOCC4)c(NC(=O)C=C)cc23)c1. The molecule has 0 aliphatic carbocycles. The summed E-state index contributed by atoms with van der Waals surface area (Å²) in [4.78, 5) is 20.8. The summed E-state index contributed by atoms with van der Waals surface area (Å²) in [6.07, 6.45) is 9.78. The van der Waals surface area contributed by atoms with Crippen molar-refractivity contribution in [2.45, 2.75) is 18.9 Å². The minimum Gasteiger partial charge on any atom is -0.488 e. The van der Waals surface area contributed by atoms with E-state index in [-0.39, 0.29) is 12.0 Å². The van der Waals surface area contributed by atoms with Crippen LogP contribution in [0.1, 0.15) is 18.4 Å². The Kier molecular flexibility index (Phi) is 6.11. The number of rotatable bonds is 6. The van der Waals surface area contributed by atoms with Crippen LogP contribution < -0.4 is 15.4 Å². The molecule has 7 heteroatoms. The lowest BCUT2D eigenvalue weighted by Crippen LogP contribution is -2.26. The smallest absolute Gasteiger partial charge is 0.247 e. The molecule has 1 aliphatic rings. The molecule has 3 aromatic rings. The van der Waals surface area contributed by atoms with Gasteiger partial charge in [-0.25, -0.2) is 9.97 Å². The Labute approximate surface area is 180 Å². The first-order valence-electron chi connectivity index (χ1n) is 9.96. The molecule has 0 radical (unpaired) electrons. The summed E-state index contributed by atoms with van der Waals surface area (Å²) in [5.41, 5.74) is 2.77. The summed E-state index contributed by atoms with van der Waals surface area (Å²) in [5.74, 6) is 3.43. The van der Waals surface area contributed by atoms with Crippen LogP contribution in [0.4, 0.5) is 17.2 Å². The highest BCUT2D eigenvalue weighted by Crippen LogP contribution is 2.34. The lowest BCUT2D eigenvalue weighted by molar-refractivity contribution is -0.111. The minimum absolute atomic E-state index is 0.0107. The number of aromatic nitrogens is 2. The van der Waals surface area contributed by atoms with Gasteiger partial charge in [-0.3, -0.25) is 4.79 Å². The van der Waals surface area contributed by atoms with Gasteiger partial charge < -0.3 is 20.1 Å². The van der Waals surface area contributed by atoms with Crippen molar-refractivity contribution in [1.29, 1.82) is 0 Å². The number of amides is 1. The second-order valence-electron chi connectivity index (χ2n) is 7.06.